The highest BCUT2D eigenvalue weighted by molar-refractivity contribution is 6.38. The van der Waals surface area contributed by atoms with E-state index in [4.69, 9.17) is 14.2 Å². The zero-order chi connectivity index (χ0) is 21.8. The van der Waals surface area contributed by atoms with E-state index in [-0.39, 0.29) is 37.8 Å². The fraction of sp³-hybridized carbons (Fsp3) is 0.273. The van der Waals surface area contributed by atoms with E-state index in [9.17, 15) is 14.4 Å². The molecular weight excluding hydrogens is 402 g/mol. The SMILES string of the molecule is C[C@H](OC(=O)C1=NN(c2ccccc2)C(=O)CC1)C(=O)NCc1ccc2c(c1)OCO2. The van der Waals surface area contributed by atoms with Crippen LogP contribution in [0.4, 0.5) is 5.69 Å². The molecule has 2 aliphatic heterocycles. The van der Waals surface area contributed by atoms with Crippen LogP contribution in [-0.2, 0) is 25.7 Å². The van der Waals surface area contributed by atoms with E-state index in [0.29, 0.717) is 17.2 Å². The van der Waals surface area contributed by atoms with Crippen molar-refractivity contribution in [1.29, 1.82) is 0 Å². The monoisotopic (exact) mass is 423 g/mol. The molecule has 0 saturated carbocycles. The summed E-state index contributed by atoms with van der Waals surface area (Å²) in [5.74, 6) is -0.0949. The van der Waals surface area contributed by atoms with Gasteiger partial charge in [-0.05, 0) is 36.8 Å². The first-order chi connectivity index (χ1) is 15.0. The molecule has 2 heterocycles. The van der Waals surface area contributed by atoms with E-state index in [0.717, 1.165) is 5.56 Å². The molecule has 0 spiro atoms. The molecule has 2 aromatic rings. The number of hydrogen-bond donors (Lipinski definition) is 1. The first-order valence-corrected chi connectivity index (χ1v) is 9.84. The number of nitrogens with zero attached hydrogens (tertiary/aromatic N) is 2. The highest BCUT2D eigenvalue weighted by Gasteiger charge is 2.28. The van der Waals surface area contributed by atoms with Crippen LogP contribution >= 0.6 is 0 Å². The number of hydrazone groups is 1. The largest absolute Gasteiger partial charge is 0.454 e. The number of nitrogens with one attached hydrogen (secondary N) is 1. The second-order valence-corrected chi connectivity index (χ2v) is 7.04. The van der Waals surface area contributed by atoms with Crippen molar-refractivity contribution in [2.45, 2.75) is 32.4 Å². The van der Waals surface area contributed by atoms with Gasteiger partial charge in [0.2, 0.25) is 12.7 Å². The third-order valence-corrected chi connectivity index (χ3v) is 4.83. The molecule has 0 aromatic heterocycles. The minimum atomic E-state index is -1.02. The molecule has 2 aliphatic rings. The fourth-order valence-electron chi connectivity index (χ4n) is 3.14. The van der Waals surface area contributed by atoms with Crippen LogP contribution in [0.1, 0.15) is 25.3 Å². The van der Waals surface area contributed by atoms with Crippen LogP contribution in [0.25, 0.3) is 0 Å². The topological polar surface area (TPSA) is 107 Å². The molecule has 0 radical (unpaired) electrons. The Morgan fingerprint density at radius 3 is 2.71 bits per heavy atom. The molecule has 0 saturated heterocycles. The Kier molecular flexibility index (Phi) is 5.83. The molecule has 0 bridgehead atoms. The van der Waals surface area contributed by atoms with Gasteiger partial charge in [0.1, 0.15) is 5.71 Å². The maximum atomic E-state index is 12.5. The molecule has 1 N–H and O–H groups in total. The summed E-state index contributed by atoms with van der Waals surface area (Å²) in [6, 6.07) is 14.2. The van der Waals surface area contributed by atoms with Crippen molar-refractivity contribution in [3.05, 3.63) is 54.1 Å². The summed E-state index contributed by atoms with van der Waals surface area (Å²) in [5, 5.41) is 8.05. The first-order valence-electron chi connectivity index (χ1n) is 9.84. The van der Waals surface area contributed by atoms with Gasteiger partial charge in [0, 0.05) is 19.4 Å². The summed E-state index contributed by atoms with van der Waals surface area (Å²) >= 11 is 0. The number of hydrogen-bond acceptors (Lipinski definition) is 7. The molecule has 0 unspecified atom stereocenters. The van der Waals surface area contributed by atoms with Crippen molar-refractivity contribution < 1.29 is 28.6 Å². The van der Waals surface area contributed by atoms with Crippen LogP contribution in [0, 0.1) is 0 Å². The number of para-hydroxylation sites is 1. The smallest absolute Gasteiger partial charge is 0.355 e. The van der Waals surface area contributed by atoms with Gasteiger partial charge >= 0.3 is 5.97 Å². The molecular formula is C22H21N3O6. The van der Waals surface area contributed by atoms with Gasteiger partial charge in [-0.2, -0.15) is 5.10 Å². The quantitative estimate of drug-likeness (QED) is 0.714. The van der Waals surface area contributed by atoms with Crippen LogP contribution in [0.15, 0.2) is 53.6 Å². The Hall–Kier alpha value is -3.88. The zero-order valence-electron chi connectivity index (χ0n) is 16.9. The van der Waals surface area contributed by atoms with E-state index in [2.05, 4.69) is 10.4 Å². The predicted molar refractivity (Wildman–Crippen MR) is 111 cm³/mol. The van der Waals surface area contributed by atoms with Crippen molar-refractivity contribution in [2.24, 2.45) is 5.10 Å². The number of ether oxygens (including phenoxy) is 3. The predicted octanol–water partition coefficient (Wildman–Crippen LogP) is 2.15. The Balaban J connectivity index is 1.34. The summed E-state index contributed by atoms with van der Waals surface area (Å²) in [5.41, 5.74) is 1.48. The molecule has 0 aliphatic carbocycles. The Morgan fingerprint density at radius 2 is 1.90 bits per heavy atom. The Morgan fingerprint density at radius 1 is 1.13 bits per heavy atom. The van der Waals surface area contributed by atoms with E-state index >= 15 is 0 Å². The zero-order valence-corrected chi connectivity index (χ0v) is 16.9. The maximum Gasteiger partial charge on any atom is 0.355 e. The summed E-state index contributed by atoms with van der Waals surface area (Å²) in [6.45, 7) is 1.90. The lowest BCUT2D eigenvalue weighted by molar-refractivity contribution is -0.148. The van der Waals surface area contributed by atoms with Crippen LogP contribution < -0.4 is 19.8 Å². The van der Waals surface area contributed by atoms with E-state index < -0.39 is 18.0 Å². The van der Waals surface area contributed by atoms with Gasteiger partial charge < -0.3 is 19.5 Å². The van der Waals surface area contributed by atoms with Gasteiger partial charge in [-0.15, -0.1) is 0 Å². The van der Waals surface area contributed by atoms with Crippen molar-refractivity contribution in [1.82, 2.24) is 5.32 Å². The second kappa shape index (κ2) is 8.86. The molecule has 2 aromatic carbocycles. The standard InChI is InChI=1S/C22H21N3O6/c1-14(21(27)23-12-15-7-9-18-19(11-15)30-13-29-18)31-22(28)17-8-10-20(26)25(24-17)16-5-3-2-4-6-16/h2-7,9,11,14H,8,10,12-13H2,1H3,(H,23,27)/t14-/m0/s1. The number of benzene rings is 2. The fourth-order valence-corrected chi connectivity index (χ4v) is 3.14. The van der Waals surface area contributed by atoms with Gasteiger partial charge in [0.25, 0.3) is 5.91 Å². The Labute approximate surface area is 178 Å². The molecule has 4 rings (SSSR count). The van der Waals surface area contributed by atoms with Gasteiger partial charge in [0.05, 0.1) is 5.69 Å². The molecule has 9 heteroatoms. The number of rotatable bonds is 6. The highest BCUT2D eigenvalue weighted by Crippen LogP contribution is 2.32. The average Bonchev–Trinajstić information content (AvgIpc) is 3.26. The number of anilines is 1. The van der Waals surface area contributed by atoms with Gasteiger partial charge in [-0.3, -0.25) is 9.59 Å². The minimum Gasteiger partial charge on any atom is -0.454 e. The Bertz CT molecular complexity index is 1040. The summed E-state index contributed by atoms with van der Waals surface area (Å²) in [4.78, 5) is 37.0. The molecule has 1 atom stereocenters. The lowest BCUT2D eigenvalue weighted by Gasteiger charge is -2.23. The van der Waals surface area contributed by atoms with Crippen LogP contribution in [0.2, 0.25) is 0 Å². The van der Waals surface area contributed by atoms with Crippen molar-refractivity contribution in [3.8, 4) is 11.5 Å². The summed E-state index contributed by atoms with van der Waals surface area (Å²) < 4.78 is 15.8. The van der Waals surface area contributed by atoms with Gasteiger partial charge in [-0.1, -0.05) is 24.3 Å². The number of carbonyl (C=O) groups is 3. The van der Waals surface area contributed by atoms with Gasteiger partial charge in [0.15, 0.2) is 17.6 Å². The highest BCUT2D eigenvalue weighted by atomic mass is 16.7. The summed E-state index contributed by atoms with van der Waals surface area (Å²) in [7, 11) is 0. The molecule has 31 heavy (non-hydrogen) atoms. The number of fused-ring (bicyclic) bond motifs is 1. The lowest BCUT2D eigenvalue weighted by atomic mass is 10.1. The van der Waals surface area contributed by atoms with Gasteiger partial charge in [-0.25, -0.2) is 9.80 Å². The van der Waals surface area contributed by atoms with Crippen molar-refractivity contribution in [2.75, 3.05) is 11.8 Å². The lowest BCUT2D eigenvalue weighted by Crippen LogP contribution is -2.39. The molecule has 9 nitrogen and oxygen atoms in total. The average molecular weight is 423 g/mol. The maximum absolute atomic E-state index is 12.5. The number of carbonyl (C=O) groups excluding carboxylic acids is 3. The third-order valence-electron chi connectivity index (χ3n) is 4.83. The molecule has 160 valence electrons. The minimum absolute atomic E-state index is 0.0962. The normalized spacial score (nSPS) is 15.8. The van der Waals surface area contributed by atoms with Crippen molar-refractivity contribution in [3.63, 3.8) is 0 Å². The molecule has 2 amide bonds. The van der Waals surface area contributed by atoms with E-state index in [1.54, 1.807) is 36.4 Å². The van der Waals surface area contributed by atoms with Crippen LogP contribution in [0.3, 0.4) is 0 Å². The number of amides is 2. The first kappa shape index (κ1) is 20.4. The van der Waals surface area contributed by atoms with E-state index in [1.165, 1.54) is 11.9 Å². The molecule has 0 fully saturated rings. The van der Waals surface area contributed by atoms with Crippen LogP contribution in [0.5, 0.6) is 11.5 Å². The number of esters is 1. The second-order valence-electron chi connectivity index (χ2n) is 7.04. The van der Waals surface area contributed by atoms with Crippen LogP contribution in [-0.4, -0.2) is 36.4 Å². The van der Waals surface area contributed by atoms with Crippen molar-refractivity contribution >= 4 is 29.2 Å². The third kappa shape index (κ3) is 4.66. The summed E-state index contributed by atoms with van der Waals surface area (Å²) in [6.07, 6.45) is -0.730. The van der Waals surface area contributed by atoms with E-state index in [1.807, 2.05) is 12.1 Å².